The van der Waals surface area contributed by atoms with E-state index < -0.39 is 29.2 Å². The van der Waals surface area contributed by atoms with Crippen molar-refractivity contribution in [2.45, 2.75) is 56.6 Å². The Labute approximate surface area is 259 Å². The van der Waals surface area contributed by atoms with Gasteiger partial charge in [0.2, 0.25) is 5.72 Å². The molecule has 0 saturated heterocycles. The van der Waals surface area contributed by atoms with Crippen molar-refractivity contribution in [1.82, 2.24) is 14.5 Å². The van der Waals surface area contributed by atoms with Crippen LogP contribution in [0.15, 0.2) is 73.2 Å². The summed E-state index contributed by atoms with van der Waals surface area (Å²) in [5.74, 6) is -1.22. The number of fused-ring (bicyclic) bond motifs is 1. The molecule has 1 unspecified atom stereocenters. The van der Waals surface area contributed by atoms with Gasteiger partial charge in [0.1, 0.15) is 17.2 Å². The number of hydrogen-bond acceptors (Lipinski definition) is 6. The van der Waals surface area contributed by atoms with Crippen LogP contribution in [0.2, 0.25) is 5.02 Å². The van der Waals surface area contributed by atoms with Gasteiger partial charge in [-0.05, 0) is 60.4 Å². The topological polar surface area (TPSA) is 108 Å². The van der Waals surface area contributed by atoms with Crippen molar-refractivity contribution in [2.75, 3.05) is 0 Å². The van der Waals surface area contributed by atoms with E-state index in [4.69, 9.17) is 16.3 Å². The lowest BCUT2D eigenvalue weighted by molar-refractivity contribution is -0.148. The van der Waals surface area contributed by atoms with Gasteiger partial charge in [-0.15, -0.1) is 0 Å². The molecule has 1 fully saturated rings. The maximum Gasteiger partial charge on any atom is 0.257 e. The van der Waals surface area contributed by atoms with Gasteiger partial charge in [-0.3, -0.25) is 14.5 Å². The summed E-state index contributed by atoms with van der Waals surface area (Å²) in [6.07, 6.45) is 3.70. The summed E-state index contributed by atoms with van der Waals surface area (Å²) >= 11 is 6.25. The van der Waals surface area contributed by atoms with Crippen molar-refractivity contribution >= 4 is 23.3 Å². The molecule has 1 amide bonds. The highest BCUT2D eigenvalue weighted by Gasteiger charge is 2.56. The number of aromatic nitrogens is 2. The molecule has 0 bridgehead atoms. The highest BCUT2D eigenvalue weighted by atomic mass is 35.5. The third-order valence-corrected chi connectivity index (χ3v) is 8.85. The Bertz CT molecular complexity index is 1800. The van der Waals surface area contributed by atoms with Crippen molar-refractivity contribution in [3.8, 4) is 6.07 Å². The molecule has 0 radical (unpaired) electrons. The van der Waals surface area contributed by atoms with E-state index in [1.54, 1.807) is 79.6 Å². The highest BCUT2D eigenvalue weighted by molar-refractivity contribution is 6.30. The monoisotopic (exact) mass is 612 g/mol. The number of rotatable bonds is 8. The number of Topliss-reactive ketones (excluding diaryl/α,β-unsaturated/α-hetero) is 1. The highest BCUT2D eigenvalue weighted by Crippen LogP contribution is 2.50. The quantitative estimate of drug-likeness (QED) is 0.272. The summed E-state index contributed by atoms with van der Waals surface area (Å²) in [6.45, 7) is 1.77. The number of nitriles is 1. The van der Waals surface area contributed by atoms with Gasteiger partial charge in [0.15, 0.2) is 0 Å². The molecule has 0 spiro atoms. The van der Waals surface area contributed by atoms with Gasteiger partial charge in [0, 0.05) is 43.2 Å². The lowest BCUT2D eigenvalue weighted by Crippen LogP contribution is -2.48. The summed E-state index contributed by atoms with van der Waals surface area (Å²) in [5, 5.41) is 21.6. The van der Waals surface area contributed by atoms with Crippen molar-refractivity contribution < 1.29 is 23.8 Å². The smallest absolute Gasteiger partial charge is 0.257 e. The zero-order valence-corrected chi connectivity index (χ0v) is 25.0. The van der Waals surface area contributed by atoms with Crippen molar-refractivity contribution in [3.63, 3.8) is 0 Å². The maximum absolute atomic E-state index is 16.8. The van der Waals surface area contributed by atoms with E-state index in [-0.39, 0.29) is 41.9 Å². The van der Waals surface area contributed by atoms with Gasteiger partial charge < -0.3 is 14.4 Å². The number of carbonyl (C=O) groups is 2. The zero-order valence-electron chi connectivity index (χ0n) is 24.3. The molecule has 2 aliphatic rings. The van der Waals surface area contributed by atoms with Gasteiger partial charge >= 0.3 is 0 Å². The molecular weight excluding hydrogens is 583 g/mol. The van der Waals surface area contributed by atoms with Crippen molar-refractivity contribution in [1.29, 1.82) is 5.26 Å². The first-order valence-electron chi connectivity index (χ1n) is 14.4. The van der Waals surface area contributed by atoms with E-state index in [1.165, 1.54) is 17.0 Å². The molecule has 10 heteroatoms. The van der Waals surface area contributed by atoms with Crippen LogP contribution < -0.4 is 0 Å². The lowest BCUT2D eigenvalue weighted by Gasteiger charge is -2.41. The first-order valence-corrected chi connectivity index (χ1v) is 14.8. The van der Waals surface area contributed by atoms with Crippen LogP contribution in [0, 0.1) is 17.1 Å². The van der Waals surface area contributed by atoms with E-state index in [1.807, 2.05) is 0 Å². The average molecular weight is 613 g/mol. The van der Waals surface area contributed by atoms with E-state index in [0.717, 1.165) is 0 Å². The van der Waals surface area contributed by atoms with Gasteiger partial charge in [0.05, 0.1) is 40.9 Å². The van der Waals surface area contributed by atoms with Crippen molar-refractivity contribution in [2.24, 2.45) is 7.05 Å². The second kappa shape index (κ2) is 11.3. The van der Waals surface area contributed by atoms with Crippen molar-refractivity contribution in [3.05, 3.63) is 123 Å². The third kappa shape index (κ3) is 4.89. The fourth-order valence-electron chi connectivity index (χ4n) is 6.28. The normalized spacial score (nSPS) is 20.9. The SMILES string of the molecule is CCC(O)(c1cc(F)c2c(c1)C(=O)N(Cc1ccc(C#N)cc1)[C@@]2(O[C@H]1CCC(=O)C1)c1ccc(Cl)cc1)c1cn(C)cn1. The molecule has 6 rings (SSSR count). The van der Waals surface area contributed by atoms with Crippen LogP contribution in [0.3, 0.4) is 0 Å². The number of nitrogens with zero attached hydrogens (tertiary/aromatic N) is 4. The summed E-state index contributed by atoms with van der Waals surface area (Å²) in [6, 6.07) is 18.3. The Morgan fingerprint density at radius 3 is 2.50 bits per heavy atom. The minimum Gasteiger partial charge on any atom is -0.379 e. The molecule has 3 atom stereocenters. The fourth-order valence-corrected chi connectivity index (χ4v) is 6.41. The molecule has 44 heavy (non-hydrogen) atoms. The van der Waals surface area contributed by atoms with Gasteiger partial charge in [-0.2, -0.15) is 5.26 Å². The number of halogens is 2. The lowest BCUT2D eigenvalue weighted by atomic mass is 9.84. The van der Waals surface area contributed by atoms with Crippen LogP contribution in [0.4, 0.5) is 4.39 Å². The molecule has 3 aromatic carbocycles. The molecule has 1 aromatic heterocycles. The summed E-state index contributed by atoms with van der Waals surface area (Å²) in [7, 11) is 1.77. The van der Waals surface area contributed by atoms with E-state index in [2.05, 4.69) is 11.1 Å². The molecule has 8 nitrogen and oxygen atoms in total. The predicted octanol–water partition coefficient (Wildman–Crippen LogP) is 5.73. The van der Waals surface area contributed by atoms with Gasteiger partial charge in [-0.25, -0.2) is 9.37 Å². The number of hydrogen-bond donors (Lipinski definition) is 1. The maximum atomic E-state index is 16.8. The number of benzene rings is 3. The second-order valence-electron chi connectivity index (χ2n) is 11.4. The first kappa shape index (κ1) is 29.7. The minimum atomic E-state index is -1.75. The third-order valence-electron chi connectivity index (χ3n) is 8.60. The standard InChI is InChI=1S/C34H30ClFN4O4/c1-3-33(43,30-19-39(2)20-38-30)24-14-28-31(29(36)15-24)34(23-8-10-25(35)11-9-23,44-27-13-12-26(41)16-27)40(32(28)42)18-22-6-4-21(17-37)5-7-22/h4-11,14-15,19-20,27,43H,3,12-13,16,18H2,1-2H3/t27-,33?,34+/m0/s1. The Morgan fingerprint density at radius 2 is 1.91 bits per heavy atom. The van der Waals surface area contributed by atoms with E-state index in [9.17, 15) is 20.0 Å². The summed E-state index contributed by atoms with van der Waals surface area (Å²) in [4.78, 5) is 32.6. The molecule has 1 saturated carbocycles. The summed E-state index contributed by atoms with van der Waals surface area (Å²) in [5.41, 5.74) is -1.26. The number of imidazole rings is 1. The molecule has 2 heterocycles. The van der Waals surface area contributed by atoms with E-state index in [0.29, 0.717) is 40.2 Å². The molecule has 1 aliphatic carbocycles. The van der Waals surface area contributed by atoms with Crippen LogP contribution >= 0.6 is 11.6 Å². The molecule has 4 aromatic rings. The van der Waals surface area contributed by atoms with Crippen LogP contribution in [0.1, 0.15) is 76.5 Å². The Morgan fingerprint density at radius 1 is 1.18 bits per heavy atom. The molecular formula is C34H30ClFN4O4. The largest absolute Gasteiger partial charge is 0.379 e. The Balaban J connectivity index is 1.58. The predicted molar refractivity (Wildman–Crippen MR) is 160 cm³/mol. The number of aliphatic hydroxyl groups is 1. The zero-order chi connectivity index (χ0) is 31.2. The number of amides is 1. The Kier molecular flexibility index (Phi) is 7.62. The van der Waals surface area contributed by atoms with Crippen LogP contribution in [0.25, 0.3) is 0 Å². The molecule has 1 N–H and O–H groups in total. The van der Waals surface area contributed by atoms with Gasteiger partial charge in [0.25, 0.3) is 5.91 Å². The number of carbonyl (C=O) groups excluding carboxylic acids is 2. The van der Waals surface area contributed by atoms with Crippen LogP contribution in [-0.4, -0.2) is 37.4 Å². The average Bonchev–Trinajstić information content (AvgIpc) is 3.71. The number of aryl methyl sites for hydroxylation is 1. The first-order chi connectivity index (χ1) is 21.1. The Hall–Kier alpha value is -4.36. The van der Waals surface area contributed by atoms with Crippen LogP contribution in [0.5, 0.6) is 0 Å². The van der Waals surface area contributed by atoms with Crippen LogP contribution in [-0.2, 0) is 34.4 Å². The second-order valence-corrected chi connectivity index (χ2v) is 11.8. The minimum absolute atomic E-state index is 0.000963. The fraction of sp³-hybridized carbons (Fsp3) is 0.294. The number of ketones is 1. The molecule has 1 aliphatic heterocycles. The van der Waals surface area contributed by atoms with Gasteiger partial charge in [-0.1, -0.05) is 42.8 Å². The number of ether oxygens (including phenoxy) is 1. The van der Waals surface area contributed by atoms with E-state index >= 15 is 4.39 Å². The molecule has 224 valence electrons. The summed E-state index contributed by atoms with van der Waals surface area (Å²) < 4.78 is 25.3.